The number of hydrogen-bond acceptors (Lipinski definition) is 26. The second kappa shape index (κ2) is 23.9. The zero-order chi connectivity index (χ0) is 67.9. The fourth-order valence-electron chi connectivity index (χ4n) is 13.1. The molecule has 0 saturated heterocycles. The summed E-state index contributed by atoms with van der Waals surface area (Å²) < 4.78 is 20.5. The molecule has 34 nitrogen and oxygen atoms in total. The highest BCUT2D eigenvalue weighted by molar-refractivity contribution is 5.99. The molecular weight excluding hydrogens is 1280 g/mol. The lowest BCUT2D eigenvalue weighted by Crippen LogP contribution is -2.44. The van der Waals surface area contributed by atoms with Crippen molar-refractivity contribution in [2.75, 3.05) is 34.4 Å². The van der Waals surface area contributed by atoms with E-state index in [1.54, 1.807) is 21.9 Å². The molecule has 16 rings (SSSR count). The molecule has 2 aliphatic heterocycles. The number of nitrogens with one attached hydrogen (secondary N) is 6. The van der Waals surface area contributed by atoms with Crippen LogP contribution in [0.1, 0.15) is 123 Å². The van der Waals surface area contributed by atoms with Crippen molar-refractivity contribution in [1.29, 1.82) is 0 Å². The van der Waals surface area contributed by atoms with Crippen LogP contribution in [0, 0.1) is 0 Å². The fraction of sp³-hybridized carbons (Fsp3) is 0.219. The number of aromatic nitrogens is 10. The van der Waals surface area contributed by atoms with Crippen LogP contribution in [0.15, 0.2) is 141 Å². The maximum Gasteiger partial charge on any atom is 0.448 e. The molecule has 2 atom stereocenters. The molecule has 98 heavy (non-hydrogen) atoms. The summed E-state index contributed by atoms with van der Waals surface area (Å²) in [6, 6.07) is 24.0. The Balaban J connectivity index is 0.000000160. The van der Waals surface area contributed by atoms with Gasteiger partial charge in [0.2, 0.25) is 0 Å². The van der Waals surface area contributed by atoms with Gasteiger partial charge in [0.25, 0.3) is 56.9 Å². The van der Waals surface area contributed by atoms with E-state index >= 15 is 0 Å². The standard InChI is InChI=1S/2C32H25N9O8/c33-23-24(26(43)25(23)42)40-8-7-15-2-1-14(9-18(15)13-40)12-34-29(45)22-11-21(36-30-39-49-32(47)41(22)30)28(44)35-20-6-4-16-10-17(3-5-19(16)20)27-37-31(46)48-38-27;33-23-24(26(43)25(23)42)40-8-7-15-2-1-14(9-18(15)13-40)12-34-28(44)21-11-22(41-30(36-21)39-49-32(41)47)29(45)35-20-6-4-16-10-17(3-5-19(16)20)27-37-31(46)48-38-27/h1-3,5,9-11,20H,4,6-8,12-13,33H2,(H,34,45)(H,35,44)(H,37,38,46);1-3,5,9-11,20H,4,6-8,12-13,33H2,(H,34,44)(H,35,45)(H,37,38,46)/t2*20-/m00/s1. The third-order valence-electron chi connectivity index (χ3n) is 18.0. The van der Waals surface area contributed by atoms with Gasteiger partial charge in [0.15, 0.2) is 11.6 Å². The first-order valence-corrected chi connectivity index (χ1v) is 30.5. The summed E-state index contributed by atoms with van der Waals surface area (Å²) in [4.78, 5) is 166. The minimum atomic E-state index is -0.944. The third kappa shape index (κ3) is 10.9. The number of carbonyl (C=O) groups is 4. The summed E-state index contributed by atoms with van der Waals surface area (Å²) in [6.07, 6.45) is 3.75. The van der Waals surface area contributed by atoms with Gasteiger partial charge in [-0.25, -0.2) is 37.9 Å². The lowest BCUT2D eigenvalue weighted by molar-refractivity contribution is 0.0918. The van der Waals surface area contributed by atoms with Gasteiger partial charge in [-0.2, -0.15) is 0 Å². The molecule has 492 valence electrons. The summed E-state index contributed by atoms with van der Waals surface area (Å²) in [5.41, 5.74) is 19.3. The first-order valence-electron chi connectivity index (χ1n) is 30.5. The zero-order valence-electron chi connectivity index (χ0n) is 50.9. The van der Waals surface area contributed by atoms with Crippen molar-refractivity contribution in [2.45, 2.75) is 76.8 Å². The molecule has 0 unspecified atom stereocenters. The second-order valence-electron chi connectivity index (χ2n) is 23.8. The molecule has 0 fully saturated rings. The van der Waals surface area contributed by atoms with Crippen molar-refractivity contribution >= 4 is 57.9 Å². The van der Waals surface area contributed by atoms with Gasteiger partial charge in [0, 0.05) is 50.4 Å². The smallest absolute Gasteiger partial charge is 0.394 e. The molecule has 0 bridgehead atoms. The van der Waals surface area contributed by atoms with Crippen LogP contribution < -0.4 is 87.3 Å². The minimum Gasteiger partial charge on any atom is -0.394 e. The summed E-state index contributed by atoms with van der Waals surface area (Å²) in [5.74, 6) is -5.66. The SMILES string of the molecule is Nc1c(N2CCc3ccc(CNC(=O)c4cc(C(=O)N[C@H]5CCc6cc(-c7noc(=O)[nH]7)ccc65)n5c(=O)onc5n4)cc3C2)c(=O)c1=O.Nc1c(N2CCc3ccc(CNC(=O)c4cc(C(=O)N[C@H]5CCc6cc(-c7noc(=O)[nH]7)ccc65)nc5noc(=O)n45)cc3C2)c(=O)c1=O. The first-order chi connectivity index (χ1) is 47.3. The number of nitrogens with zero attached hydrogens (tertiary/aromatic N) is 10. The Morgan fingerprint density at radius 3 is 1.38 bits per heavy atom. The Hall–Kier alpha value is -13.3. The summed E-state index contributed by atoms with van der Waals surface area (Å²) in [7, 11) is 0. The minimum absolute atomic E-state index is 0.0193. The monoisotopic (exact) mass is 1330 g/mol. The number of hydrogen-bond donors (Lipinski definition) is 8. The fourth-order valence-corrected chi connectivity index (χ4v) is 13.1. The highest BCUT2D eigenvalue weighted by Gasteiger charge is 2.33. The van der Waals surface area contributed by atoms with Crippen molar-refractivity contribution in [3.05, 3.63) is 246 Å². The molecule has 8 heterocycles. The third-order valence-corrected chi connectivity index (χ3v) is 18.0. The molecule has 6 aromatic heterocycles. The quantitative estimate of drug-likeness (QED) is 0.0675. The Morgan fingerprint density at radius 1 is 0.469 bits per heavy atom. The molecular formula is C64H50N18O16. The van der Waals surface area contributed by atoms with E-state index in [1.807, 2.05) is 60.7 Å². The number of H-pyrrole nitrogens is 2. The average Bonchev–Trinajstić information content (AvgIpc) is 1.08. The van der Waals surface area contributed by atoms with Gasteiger partial charge >= 0.3 is 23.0 Å². The lowest BCUT2D eigenvalue weighted by atomic mass is 9.96. The number of aryl methyl sites for hydroxylation is 2. The molecule has 4 amide bonds. The van der Waals surface area contributed by atoms with E-state index in [-0.39, 0.29) is 76.2 Å². The van der Waals surface area contributed by atoms with Crippen LogP contribution in [-0.2, 0) is 51.9 Å². The van der Waals surface area contributed by atoms with Gasteiger partial charge < -0.3 is 42.5 Å². The first kappa shape index (κ1) is 60.9. The van der Waals surface area contributed by atoms with E-state index in [0.29, 0.717) is 87.5 Å². The van der Waals surface area contributed by atoms with Crippen molar-refractivity contribution in [3.8, 4) is 22.8 Å². The number of nitrogen functional groups attached to an aromatic ring is 2. The van der Waals surface area contributed by atoms with Gasteiger partial charge in [-0.1, -0.05) is 71.0 Å². The van der Waals surface area contributed by atoms with Gasteiger partial charge in [-0.3, -0.25) is 66.4 Å². The number of aromatic amines is 2. The molecule has 2 aliphatic carbocycles. The van der Waals surface area contributed by atoms with E-state index < -0.39 is 74.4 Å². The van der Waals surface area contributed by atoms with E-state index in [0.717, 1.165) is 64.4 Å². The van der Waals surface area contributed by atoms with Crippen LogP contribution >= 0.6 is 0 Å². The lowest BCUT2D eigenvalue weighted by Gasteiger charge is -2.32. The van der Waals surface area contributed by atoms with Gasteiger partial charge in [0.1, 0.15) is 45.5 Å². The number of benzene rings is 4. The predicted molar refractivity (Wildman–Crippen MR) is 341 cm³/mol. The van der Waals surface area contributed by atoms with Crippen molar-refractivity contribution in [3.63, 3.8) is 0 Å². The van der Waals surface area contributed by atoms with Gasteiger partial charge in [-0.05, 0) is 129 Å². The number of nitrogens with two attached hydrogens (primary N) is 2. The van der Waals surface area contributed by atoms with Crippen LogP contribution in [-0.4, -0.2) is 86.1 Å². The normalized spacial score (nSPS) is 15.3. The van der Waals surface area contributed by atoms with E-state index in [2.05, 4.69) is 70.9 Å². The summed E-state index contributed by atoms with van der Waals surface area (Å²) >= 11 is 0. The van der Waals surface area contributed by atoms with E-state index in [4.69, 9.17) is 20.5 Å². The van der Waals surface area contributed by atoms with Crippen LogP contribution in [0.25, 0.3) is 34.3 Å². The Bertz CT molecular complexity index is 5770. The van der Waals surface area contributed by atoms with E-state index in [9.17, 15) is 57.5 Å². The molecule has 12 aromatic rings. The molecule has 0 spiro atoms. The number of amides is 4. The Labute approximate surface area is 544 Å². The molecule has 34 heteroatoms. The van der Waals surface area contributed by atoms with Crippen LogP contribution in [0.4, 0.5) is 22.7 Å². The van der Waals surface area contributed by atoms with Crippen LogP contribution in [0.2, 0.25) is 0 Å². The van der Waals surface area contributed by atoms with Crippen molar-refractivity contribution < 1.29 is 37.3 Å². The summed E-state index contributed by atoms with van der Waals surface area (Å²) in [5, 5.41) is 26.1. The number of rotatable bonds is 14. The zero-order valence-corrected chi connectivity index (χ0v) is 50.9. The molecule has 4 aliphatic rings. The summed E-state index contributed by atoms with van der Waals surface area (Å²) in [6.45, 7) is 2.04. The van der Waals surface area contributed by atoms with Crippen molar-refractivity contribution in [2.24, 2.45) is 0 Å². The van der Waals surface area contributed by atoms with E-state index in [1.165, 1.54) is 12.1 Å². The van der Waals surface area contributed by atoms with Crippen LogP contribution in [0.5, 0.6) is 0 Å². The number of fused-ring (bicyclic) bond motifs is 6. The topological polar surface area (TPSA) is 482 Å². The van der Waals surface area contributed by atoms with Gasteiger partial charge in [-0.15, -0.1) is 0 Å². The largest absolute Gasteiger partial charge is 0.448 e. The molecule has 0 saturated carbocycles. The second-order valence-corrected chi connectivity index (χ2v) is 23.8. The number of carbonyl (C=O) groups excluding carboxylic acids is 4. The number of anilines is 4. The van der Waals surface area contributed by atoms with Crippen molar-refractivity contribution in [1.82, 2.24) is 70.6 Å². The molecule has 0 radical (unpaired) electrons. The van der Waals surface area contributed by atoms with Gasteiger partial charge in [0.05, 0.1) is 12.1 Å². The Kier molecular flexibility index (Phi) is 14.9. The molecule has 6 aromatic carbocycles. The van der Waals surface area contributed by atoms with Crippen LogP contribution in [0.3, 0.4) is 0 Å². The average molecular weight is 1330 g/mol. The highest BCUT2D eigenvalue weighted by atomic mass is 16.5. The highest BCUT2D eigenvalue weighted by Crippen LogP contribution is 2.36. The maximum atomic E-state index is 13.6. The predicted octanol–water partition coefficient (Wildman–Crippen LogP) is 0.228. The Morgan fingerprint density at radius 2 is 0.918 bits per heavy atom. The molecule has 10 N–H and O–H groups in total. The maximum absolute atomic E-state index is 13.6.